The second kappa shape index (κ2) is 6.53. The largest absolute Gasteiger partial charge is 0.478 e. The van der Waals surface area contributed by atoms with Crippen molar-refractivity contribution in [1.29, 1.82) is 0 Å². The van der Waals surface area contributed by atoms with Gasteiger partial charge in [0.15, 0.2) is 11.5 Å². The van der Waals surface area contributed by atoms with Crippen LogP contribution in [0.15, 0.2) is 64.3 Å². The second-order valence-electron chi connectivity index (χ2n) is 6.07. The molecule has 2 aromatic carbocycles. The van der Waals surface area contributed by atoms with Crippen molar-refractivity contribution >= 4 is 34.7 Å². The van der Waals surface area contributed by atoms with E-state index in [1.807, 2.05) is 30.3 Å². The Morgan fingerprint density at radius 1 is 1.04 bits per heavy atom. The number of aromatic carboxylic acids is 2. The molecule has 0 unspecified atom stereocenters. The van der Waals surface area contributed by atoms with Gasteiger partial charge >= 0.3 is 11.9 Å². The van der Waals surface area contributed by atoms with Crippen LogP contribution in [0.4, 0.5) is 11.4 Å². The third-order valence-electron chi connectivity index (χ3n) is 4.21. The number of rotatable bonds is 3. The molecular weight excluding hydrogens is 348 g/mol. The zero-order valence-electron chi connectivity index (χ0n) is 14.0. The monoisotopic (exact) mass is 362 g/mol. The molecule has 0 saturated carbocycles. The number of carboxylic acids is 2. The normalized spacial score (nSPS) is 16.5. The smallest absolute Gasteiger partial charge is 0.335 e. The number of benzene rings is 2. The van der Waals surface area contributed by atoms with Crippen LogP contribution in [-0.2, 0) is 0 Å². The fourth-order valence-corrected chi connectivity index (χ4v) is 2.97. The number of ether oxygens (including phenoxy) is 1. The molecule has 27 heavy (non-hydrogen) atoms. The van der Waals surface area contributed by atoms with Crippen LogP contribution < -0.4 is 4.74 Å². The summed E-state index contributed by atoms with van der Waals surface area (Å²) in [7, 11) is 0. The highest BCUT2D eigenvalue weighted by atomic mass is 16.5. The molecule has 7 heteroatoms. The van der Waals surface area contributed by atoms with E-state index < -0.39 is 11.9 Å². The van der Waals surface area contributed by atoms with E-state index >= 15 is 0 Å². The molecule has 0 amide bonds. The summed E-state index contributed by atoms with van der Waals surface area (Å²) in [5.41, 5.74) is 1.88. The average molecular weight is 362 g/mol. The topological polar surface area (TPSA) is 109 Å². The summed E-state index contributed by atoms with van der Waals surface area (Å²) in [6.45, 7) is 0. The quantitative estimate of drug-likeness (QED) is 0.858. The molecule has 1 heterocycles. The van der Waals surface area contributed by atoms with E-state index in [1.54, 1.807) is 0 Å². The van der Waals surface area contributed by atoms with E-state index in [0.717, 1.165) is 6.07 Å². The number of nitrogens with zero attached hydrogens (tertiary/aromatic N) is 2. The molecule has 2 N–H and O–H groups in total. The van der Waals surface area contributed by atoms with Gasteiger partial charge in [0, 0.05) is 0 Å². The highest BCUT2D eigenvalue weighted by molar-refractivity contribution is 6.49. The molecule has 0 fully saturated rings. The van der Waals surface area contributed by atoms with Crippen molar-refractivity contribution in [2.75, 3.05) is 0 Å². The molecule has 1 aliphatic carbocycles. The number of hydrogen-bond donors (Lipinski definition) is 2. The lowest BCUT2D eigenvalue weighted by molar-refractivity contribution is 0.0696. The molecule has 7 nitrogen and oxygen atoms in total. The van der Waals surface area contributed by atoms with Gasteiger partial charge in [0.05, 0.1) is 22.5 Å². The fourth-order valence-electron chi connectivity index (χ4n) is 2.97. The van der Waals surface area contributed by atoms with E-state index in [2.05, 4.69) is 9.98 Å². The summed E-state index contributed by atoms with van der Waals surface area (Å²) in [6.07, 6.45) is 3.22. The molecule has 0 saturated heterocycles. The minimum absolute atomic E-state index is 0.131. The molecular formula is C20H14N2O5. The Hall–Kier alpha value is -3.74. The Bertz CT molecular complexity index is 1030. The number of para-hydroxylation sites is 2. The predicted molar refractivity (Wildman–Crippen MR) is 98.9 cm³/mol. The van der Waals surface area contributed by atoms with Crippen molar-refractivity contribution in [1.82, 2.24) is 0 Å². The Morgan fingerprint density at radius 2 is 1.74 bits per heavy atom. The summed E-state index contributed by atoms with van der Waals surface area (Å²) in [5.74, 6) is -1.16. The SMILES string of the molecule is O=C(O)c1cc(N=C2CCC=C3Oc4ccccc4N=C32)cc(C(=O)O)c1. The summed E-state index contributed by atoms with van der Waals surface area (Å²) >= 11 is 0. The van der Waals surface area contributed by atoms with Gasteiger partial charge in [0.25, 0.3) is 0 Å². The Morgan fingerprint density at radius 3 is 2.44 bits per heavy atom. The Kier molecular flexibility index (Phi) is 4.04. The number of allylic oxidation sites excluding steroid dienone is 2. The summed E-state index contributed by atoms with van der Waals surface area (Å²) in [5, 5.41) is 18.4. The molecule has 4 rings (SSSR count). The lowest BCUT2D eigenvalue weighted by atomic mass is 9.99. The minimum atomic E-state index is -1.21. The maximum absolute atomic E-state index is 11.3. The van der Waals surface area contributed by atoms with Crippen LogP contribution in [0.3, 0.4) is 0 Å². The van der Waals surface area contributed by atoms with Crippen LogP contribution in [0.5, 0.6) is 5.75 Å². The van der Waals surface area contributed by atoms with Crippen molar-refractivity contribution < 1.29 is 24.5 Å². The van der Waals surface area contributed by atoms with Gasteiger partial charge in [-0.3, -0.25) is 4.99 Å². The zero-order valence-corrected chi connectivity index (χ0v) is 14.0. The maximum Gasteiger partial charge on any atom is 0.335 e. The van der Waals surface area contributed by atoms with Crippen LogP contribution in [0.2, 0.25) is 0 Å². The molecule has 0 aromatic heterocycles. The molecule has 0 bridgehead atoms. The number of hydrogen-bond acceptors (Lipinski definition) is 5. The van der Waals surface area contributed by atoms with Crippen LogP contribution in [-0.4, -0.2) is 33.6 Å². The lowest BCUT2D eigenvalue weighted by Crippen LogP contribution is -2.25. The van der Waals surface area contributed by atoms with Crippen molar-refractivity contribution in [2.45, 2.75) is 12.8 Å². The van der Waals surface area contributed by atoms with Crippen molar-refractivity contribution in [3.05, 3.63) is 65.4 Å². The van der Waals surface area contributed by atoms with Crippen LogP contribution in [0.25, 0.3) is 0 Å². The zero-order chi connectivity index (χ0) is 19.0. The first-order chi connectivity index (χ1) is 13.0. The standard InChI is InChI=1S/C20H14N2O5/c23-19(24)11-8-12(20(25)26)10-13(9-11)21-15-5-3-7-17-18(15)22-14-4-1-2-6-16(14)27-17/h1-2,4,6-10H,3,5H2,(H,23,24)(H,25,26). The lowest BCUT2D eigenvalue weighted by Gasteiger charge is -2.23. The van der Waals surface area contributed by atoms with Gasteiger partial charge in [0.2, 0.25) is 0 Å². The highest BCUT2D eigenvalue weighted by Crippen LogP contribution is 2.35. The van der Waals surface area contributed by atoms with Gasteiger partial charge in [-0.25, -0.2) is 14.6 Å². The maximum atomic E-state index is 11.3. The molecule has 2 aliphatic rings. The first kappa shape index (κ1) is 16.7. The van der Waals surface area contributed by atoms with Gasteiger partial charge in [-0.15, -0.1) is 0 Å². The van der Waals surface area contributed by atoms with Crippen LogP contribution >= 0.6 is 0 Å². The molecule has 0 radical (unpaired) electrons. The third-order valence-corrected chi connectivity index (χ3v) is 4.21. The Balaban J connectivity index is 1.81. The van der Waals surface area contributed by atoms with Gasteiger partial charge in [0.1, 0.15) is 11.4 Å². The predicted octanol–water partition coefficient (Wildman–Crippen LogP) is 4.00. The first-order valence-corrected chi connectivity index (χ1v) is 8.27. The Labute approximate surface area is 154 Å². The molecule has 1 aliphatic heterocycles. The molecule has 0 atom stereocenters. The van der Waals surface area contributed by atoms with Crippen molar-refractivity contribution in [2.24, 2.45) is 9.98 Å². The molecule has 2 aromatic rings. The number of carbonyl (C=O) groups is 2. The van der Waals surface area contributed by atoms with E-state index in [9.17, 15) is 19.8 Å². The summed E-state index contributed by atoms with van der Waals surface area (Å²) < 4.78 is 5.89. The van der Waals surface area contributed by atoms with Crippen molar-refractivity contribution in [3.63, 3.8) is 0 Å². The fraction of sp³-hybridized carbons (Fsp3) is 0.100. The van der Waals surface area contributed by atoms with Gasteiger partial charge in [-0.05, 0) is 49.2 Å². The van der Waals surface area contributed by atoms with Crippen LogP contribution in [0.1, 0.15) is 33.6 Å². The first-order valence-electron chi connectivity index (χ1n) is 8.27. The number of fused-ring (bicyclic) bond motifs is 2. The van der Waals surface area contributed by atoms with Crippen LogP contribution in [0, 0.1) is 0 Å². The number of aliphatic imine (C=N–C) groups is 2. The summed E-state index contributed by atoms with van der Waals surface area (Å²) in [4.78, 5) is 31.7. The summed E-state index contributed by atoms with van der Waals surface area (Å²) in [6, 6.07) is 11.2. The van der Waals surface area contributed by atoms with Gasteiger partial charge in [-0.1, -0.05) is 12.1 Å². The third kappa shape index (κ3) is 3.22. The molecule has 0 spiro atoms. The average Bonchev–Trinajstić information content (AvgIpc) is 2.66. The van der Waals surface area contributed by atoms with Gasteiger partial charge < -0.3 is 14.9 Å². The van der Waals surface area contributed by atoms with E-state index in [-0.39, 0.29) is 16.8 Å². The van der Waals surface area contributed by atoms with E-state index in [4.69, 9.17) is 4.74 Å². The molecule has 134 valence electrons. The number of carboxylic acid groups (broad SMARTS) is 2. The van der Waals surface area contributed by atoms with E-state index in [0.29, 0.717) is 41.5 Å². The van der Waals surface area contributed by atoms with Crippen molar-refractivity contribution in [3.8, 4) is 5.75 Å². The van der Waals surface area contributed by atoms with Gasteiger partial charge in [-0.2, -0.15) is 0 Å². The minimum Gasteiger partial charge on any atom is -0.478 e. The van der Waals surface area contributed by atoms with E-state index in [1.165, 1.54) is 12.1 Å². The highest BCUT2D eigenvalue weighted by Gasteiger charge is 2.26. The second-order valence-corrected chi connectivity index (χ2v) is 6.07.